The SMILES string of the molecule is COc1ccc2c(c1)c1c(n2C(=O)O)C(=O)N(Cc2ccc(Cl)c(Oc3cc(Cl)cc(C#N)c3)c2F)CC1. The first-order chi connectivity index (χ1) is 18.2. The van der Waals surface area contributed by atoms with E-state index in [0.29, 0.717) is 28.6 Å². The van der Waals surface area contributed by atoms with Gasteiger partial charge in [0.25, 0.3) is 5.91 Å². The Hall–Kier alpha value is -4.26. The number of rotatable bonds is 5. The smallest absolute Gasteiger partial charge is 0.416 e. The Morgan fingerprint density at radius 3 is 2.66 bits per heavy atom. The minimum atomic E-state index is -1.30. The van der Waals surface area contributed by atoms with Gasteiger partial charge in [-0.05, 0) is 54.4 Å². The number of benzene rings is 3. The molecule has 0 atom stereocenters. The van der Waals surface area contributed by atoms with Gasteiger partial charge < -0.3 is 19.5 Å². The van der Waals surface area contributed by atoms with Crippen molar-refractivity contribution in [2.45, 2.75) is 13.0 Å². The molecule has 0 radical (unpaired) electrons. The predicted molar refractivity (Wildman–Crippen MR) is 138 cm³/mol. The normalized spacial score (nSPS) is 12.8. The maximum absolute atomic E-state index is 15.6. The molecule has 0 aliphatic carbocycles. The van der Waals surface area contributed by atoms with Crippen LogP contribution in [0, 0.1) is 17.1 Å². The molecule has 192 valence electrons. The van der Waals surface area contributed by atoms with E-state index in [4.69, 9.17) is 37.9 Å². The molecule has 1 amide bonds. The summed E-state index contributed by atoms with van der Waals surface area (Å²) in [6, 6.07) is 14.0. The number of methoxy groups -OCH3 is 1. The van der Waals surface area contributed by atoms with Crippen LogP contribution in [0.15, 0.2) is 48.5 Å². The fraction of sp³-hybridized carbons (Fsp3) is 0.148. The van der Waals surface area contributed by atoms with E-state index in [-0.39, 0.29) is 51.5 Å². The van der Waals surface area contributed by atoms with Crippen LogP contribution in [-0.2, 0) is 13.0 Å². The Balaban J connectivity index is 1.49. The van der Waals surface area contributed by atoms with E-state index in [9.17, 15) is 14.7 Å². The maximum Gasteiger partial charge on any atom is 0.416 e. The van der Waals surface area contributed by atoms with E-state index in [2.05, 4.69) is 0 Å². The van der Waals surface area contributed by atoms with E-state index in [0.717, 1.165) is 4.57 Å². The van der Waals surface area contributed by atoms with E-state index in [1.54, 1.807) is 18.2 Å². The van der Waals surface area contributed by atoms with Gasteiger partial charge >= 0.3 is 6.09 Å². The summed E-state index contributed by atoms with van der Waals surface area (Å²) in [6.45, 7) is 0.0843. The zero-order valence-corrected chi connectivity index (χ0v) is 21.3. The highest BCUT2D eigenvalue weighted by Gasteiger charge is 2.34. The van der Waals surface area contributed by atoms with Gasteiger partial charge in [0.05, 0.1) is 29.3 Å². The number of carbonyl (C=O) groups is 2. The molecule has 0 spiro atoms. The Bertz CT molecular complexity index is 1680. The number of hydrogen-bond acceptors (Lipinski definition) is 5. The molecule has 0 fully saturated rings. The number of fused-ring (bicyclic) bond motifs is 3. The van der Waals surface area contributed by atoms with Crippen molar-refractivity contribution in [2.75, 3.05) is 13.7 Å². The summed E-state index contributed by atoms with van der Waals surface area (Å²) >= 11 is 12.2. The van der Waals surface area contributed by atoms with Crippen molar-refractivity contribution in [3.05, 3.63) is 86.8 Å². The number of halogens is 3. The third-order valence-corrected chi connectivity index (χ3v) is 6.82. The van der Waals surface area contributed by atoms with Gasteiger partial charge in [-0.1, -0.05) is 29.3 Å². The summed E-state index contributed by atoms with van der Waals surface area (Å²) in [5.41, 5.74) is 1.31. The Morgan fingerprint density at radius 1 is 1.16 bits per heavy atom. The Labute approximate surface area is 225 Å². The van der Waals surface area contributed by atoms with Crippen molar-refractivity contribution in [2.24, 2.45) is 0 Å². The first-order valence-electron chi connectivity index (χ1n) is 11.3. The third kappa shape index (κ3) is 4.38. The van der Waals surface area contributed by atoms with Crippen LogP contribution in [-0.4, -0.2) is 40.2 Å². The van der Waals surface area contributed by atoms with Gasteiger partial charge in [0.2, 0.25) is 0 Å². The minimum Gasteiger partial charge on any atom is -0.497 e. The summed E-state index contributed by atoms with van der Waals surface area (Å²) in [5.74, 6) is -0.971. The van der Waals surface area contributed by atoms with E-state index >= 15 is 4.39 Å². The van der Waals surface area contributed by atoms with Crippen molar-refractivity contribution < 1.29 is 28.6 Å². The summed E-state index contributed by atoms with van der Waals surface area (Å²) in [4.78, 5) is 27.0. The van der Waals surface area contributed by atoms with Crippen molar-refractivity contribution in [3.63, 3.8) is 0 Å². The van der Waals surface area contributed by atoms with Crippen LogP contribution in [0.2, 0.25) is 10.0 Å². The second-order valence-electron chi connectivity index (χ2n) is 8.54. The number of carbonyl (C=O) groups excluding carboxylic acids is 1. The van der Waals surface area contributed by atoms with E-state index in [1.807, 2.05) is 6.07 Å². The molecular weight excluding hydrogens is 536 g/mol. The van der Waals surface area contributed by atoms with Crippen LogP contribution in [0.5, 0.6) is 17.2 Å². The topological polar surface area (TPSA) is 105 Å². The standard InChI is InChI=1S/C27H18Cl2FN3O5/c1-37-17-3-5-22-20(11-17)19-6-7-32(26(34)24(19)33(22)27(35)36)13-15-2-4-21(29)25(23(15)30)38-18-9-14(12-31)8-16(28)10-18/h2-5,8-11H,6-7,13H2,1H3,(H,35,36). The highest BCUT2D eigenvalue weighted by molar-refractivity contribution is 6.32. The van der Waals surface area contributed by atoms with Crippen molar-refractivity contribution in [1.82, 2.24) is 9.47 Å². The molecule has 2 heterocycles. The van der Waals surface area contributed by atoms with Gasteiger partial charge in [-0.15, -0.1) is 0 Å². The molecule has 0 bridgehead atoms. The molecular formula is C27H18Cl2FN3O5. The molecule has 0 unspecified atom stereocenters. The van der Waals surface area contributed by atoms with E-state index < -0.39 is 17.8 Å². The van der Waals surface area contributed by atoms with Crippen LogP contribution >= 0.6 is 23.2 Å². The molecule has 8 nitrogen and oxygen atoms in total. The van der Waals surface area contributed by atoms with Crippen molar-refractivity contribution in [1.29, 1.82) is 5.26 Å². The van der Waals surface area contributed by atoms with Crippen LogP contribution in [0.4, 0.5) is 9.18 Å². The molecule has 1 aliphatic heterocycles. The van der Waals surface area contributed by atoms with Crippen molar-refractivity contribution >= 4 is 46.1 Å². The highest BCUT2D eigenvalue weighted by Crippen LogP contribution is 2.37. The summed E-state index contributed by atoms with van der Waals surface area (Å²) in [6.07, 6.45) is -0.938. The lowest BCUT2D eigenvalue weighted by Crippen LogP contribution is -2.39. The molecule has 38 heavy (non-hydrogen) atoms. The van der Waals surface area contributed by atoms with Gasteiger partial charge in [0, 0.05) is 29.1 Å². The lowest BCUT2D eigenvalue weighted by atomic mass is 10.0. The van der Waals surface area contributed by atoms with Gasteiger partial charge in [0.1, 0.15) is 17.2 Å². The number of aromatic nitrogens is 1. The van der Waals surface area contributed by atoms with Gasteiger partial charge in [-0.25, -0.2) is 13.8 Å². The minimum absolute atomic E-state index is 0.0146. The third-order valence-electron chi connectivity index (χ3n) is 6.30. The molecule has 11 heteroatoms. The first kappa shape index (κ1) is 25.4. The molecule has 3 aromatic carbocycles. The largest absolute Gasteiger partial charge is 0.497 e. The number of nitriles is 1. The zero-order valence-electron chi connectivity index (χ0n) is 19.8. The van der Waals surface area contributed by atoms with Crippen LogP contribution in [0.1, 0.15) is 27.2 Å². The fourth-order valence-corrected chi connectivity index (χ4v) is 5.00. The quantitative estimate of drug-likeness (QED) is 0.303. The Morgan fingerprint density at radius 2 is 1.95 bits per heavy atom. The molecule has 5 rings (SSSR count). The molecule has 1 aliphatic rings. The molecule has 1 N–H and O–H groups in total. The van der Waals surface area contributed by atoms with Gasteiger partial charge in [-0.3, -0.25) is 4.79 Å². The molecule has 0 saturated carbocycles. The second kappa shape index (κ2) is 9.89. The summed E-state index contributed by atoms with van der Waals surface area (Å²) < 4.78 is 27.5. The van der Waals surface area contributed by atoms with Gasteiger partial charge in [0.15, 0.2) is 11.6 Å². The average Bonchev–Trinajstić information content (AvgIpc) is 3.23. The highest BCUT2D eigenvalue weighted by atomic mass is 35.5. The second-order valence-corrected chi connectivity index (χ2v) is 9.39. The monoisotopic (exact) mass is 553 g/mol. The summed E-state index contributed by atoms with van der Waals surface area (Å²) in [7, 11) is 1.50. The lowest BCUT2D eigenvalue weighted by Gasteiger charge is -2.28. The number of nitrogens with zero attached hydrogens (tertiary/aromatic N) is 3. The average molecular weight is 554 g/mol. The van der Waals surface area contributed by atoms with Gasteiger partial charge in [-0.2, -0.15) is 5.26 Å². The number of ether oxygens (including phenoxy) is 2. The van der Waals surface area contributed by atoms with Crippen LogP contribution in [0.3, 0.4) is 0 Å². The Kier molecular flexibility index (Phi) is 6.61. The van der Waals surface area contributed by atoms with Crippen molar-refractivity contribution in [3.8, 4) is 23.3 Å². The molecule has 0 saturated heterocycles. The number of amides is 1. The fourth-order valence-electron chi connectivity index (χ4n) is 4.59. The first-order valence-corrected chi connectivity index (χ1v) is 12.1. The zero-order chi connectivity index (χ0) is 27.1. The lowest BCUT2D eigenvalue weighted by molar-refractivity contribution is 0.0713. The van der Waals surface area contributed by atoms with Crippen LogP contribution < -0.4 is 9.47 Å². The molecule has 1 aromatic heterocycles. The van der Waals surface area contributed by atoms with Crippen LogP contribution in [0.25, 0.3) is 10.9 Å². The predicted octanol–water partition coefficient (Wildman–Crippen LogP) is 6.48. The maximum atomic E-state index is 15.6. The number of carboxylic acid groups (broad SMARTS) is 1. The number of hydrogen-bond donors (Lipinski definition) is 1. The summed E-state index contributed by atoms with van der Waals surface area (Å²) in [5, 5.41) is 19.9. The van der Waals surface area contributed by atoms with E-state index in [1.165, 1.54) is 42.3 Å². The molecule has 4 aromatic rings.